The number of allylic oxidation sites excluding steroid dienone is 2. The molecule has 0 saturated heterocycles. The molecule has 0 aromatic heterocycles. The summed E-state index contributed by atoms with van der Waals surface area (Å²) >= 11 is 0. The molecule has 1 aliphatic heterocycles. The van der Waals surface area contributed by atoms with Gasteiger partial charge < -0.3 is 19.9 Å². The van der Waals surface area contributed by atoms with Gasteiger partial charge in [-0.05, 0) is 75.1 Å². The first-order chi connectivity index (χ1) is 17.5. The summed E-state index contributed by atoms with van der Waals surface area (Å²) in [5.74, 6) is -1.51. The third-order valence-electron chi connectivity index (χ3n) is 6.88. The van der Waals surface area contributed by atoms with Crippen LogP contribution in [-0.2, 0) is 25.5 Å². The van der Waals surface area contributed by atoms with Gasteiger partial charge in [0.2, 0.25) is 0 Å². The zero-order chi connectivity index (χ0) is 25.5. The van der Waals surface area contributed by atoms with Crippen LogP contribution in [0.25, 0.3) is 0 Å². The van der Waals surface area contributed by atoms with Gasteiger partial charge in [-0.1, -0.05) is 49.4 Å². The number of aromatic hydroxyl groups is 1. The fraction of sp³-hybridized carbons (Fsp3) is 0.400. The van der Waals surface area contributed by atoms with E-state index in [1.165, 1.54) is 0 Å². The van der Waals surface area contributed by atoms with Gasteiger partial charge in [-0.15, -0.1) is 0 Å². The van der Waals surface area contributed by atoms with Crippen LogP contribution in [0.3, 0.4) is 0 Å². The second kappa shape index (κ2) is 11.9. The lowest BCUT2D eigenvalue weighted by molar-refractivity contribution is -0.144. The molecule has 0 spiro atoms. The SMILES string of the molecule is CCOC(=O)C1=C(CCc2ccccc2)NC(CC)=C(C(=O)OC2CCCC2)C1c1cccc(O)c1. The van der Waals surface area contributed by atoms with Gasteiger partial charge in [0.1, 0.15) is 11.9 Å². The van der Waals surface area contributed by atoms with Crippen molar-refractivity contribution in [2.75, 3.05) is 6.61 Å². The molecule has 1 unspecified atom stereocenters. The van der Waals surface area contributed by atoms with Crippen molar-refractivity contribution >= 4 is 11.9 Å². The van der Waals surface area contributed by atoms with E-state index in [2.05, 4.69) is 17.4 Å². The van der Waals surface area contributed by atoms with Crippen LogP contribution in [0.1, 0.15) is 69.4 Å². The Hall–Kier alpha value is -3.54. The van der Waals surface area contributed by atoms with E-state index < -0.39 is 17.9 Å². The Kier molecular flexibility index (Phi) is 8.47. The summed E-state index contributed by atoms with van der Waals surface area (Å²) in [4.78, 5) is 27.1. The summed E-state index contributed by atoms with van der Waals surface area (Å²) in [6.45, 7) is 3.96. The predicted molar refractivity (Wildman–Crippen MR) is 138 cm³/mol. The molecule has 2 aromatic carbocycles. The molecule has 0 amide bonds. The standard InChI is InChI=1S/C30H35NO5/c1-3-24-27(30(34)36-23-15-8-9-16-23)26(21-13-10-14-22(32)19-21)28(29(33)35-4-2)25(31-24)18-17-20-11-6-5-7-12-20/h5-7,10-14,19,23,26,31-32H,3-4,8-9,15-18H2,1-2H3. The quantitative estimate of drug-likeness (QED) is 0.441. The Balaban J connectivity index is 1.80. The predicted octanol–water partition coefficient (Wildman–Crippen LogP) is 5.68. The van der Waals surface area contributed by atoms with Crippen molar-refractivity contribution in [2.24, 2.45) is 0 Å². The molecule has 2 aromatic rings. The molecule has 1 saturated carbocycles. The number of carbonyl (C=O) groups is 2. The monoisotopic (exact) mass is 489 g/mol. The molecular formula is C30H35NO5. The van der Waals surface area contributed by atoms with Gasteiger partial charge in [-0.25, -0.2) is 9.59 Å². The van der Waals surface area contributed by atoms with E-state index >= 15 is 0 Å². The normalized spacial score (nSPS) is 18.2. The molecule has 1 heterocycles. The van der Waals surface area contributed by atoms with Crippen molar-refractivity contribution in [3.05, 3.63) is 88.3 Å². The molecule has 36 heavy (non-hydrogen) atoms. The number of benzene rings is 2. The van der Waals surface area contributed by atoms with Gasteiger partial charge >= 0.3 is 11.9 Å². The third kappa shape index (κ3) is 5.81. The minimum Gasteiger partial charge on any atom is -0.508 e. The average Bonchev–Trinajstić information content (AvgIpc) is 3.40. The highest BCUT2D eigenvalue weighted by atomic mass is 16.5. The third-order valence-corrected chi connectivity index (χ3v) is 6.88. The molecule has 4 rings (SSSR count). The summed E-state index contributed by atoms with van der Waals surface area (Å²) in [5, 5.41) is 13.7. The second-order valence-corrected chi connectivity index (χ2v) is 9.31. The van der Waals surface area contributed by atoms with Gasteiger partial charge in [-0.2, -0.15) is 0 Å². The zero-order valence-electron chi connectivity index (χ0n) is 21.1. The number of aryl methyl sites for hydroxylation is 1. The molecular weight excluding hydrogens is 454 g/mol. The second-order valence-electron chi connectivity index (χ2n) is 9.31. The minimum absolute atomic E-state index is 0.0710. The maximum Gasteiger partial charge on any atom is 0.337 e. The summed E-state index contributed by atoms with van der Waals surface area (Å²) in [6, 6.07) is 16.8. The number of phenolic OH excluding ortho intramolecular Hbond substituents is 1. The smallest absolute Gasteiger partial charge is 0.337 e. The number of ether oxygens (including phenoxy) is 2. The lowest BCUT2D eigenvalue weighted by Crippen LogP contribution is -2.35. The fourth-order valence-corrected chi connectivity index (χ4v) is 5.15. The Morgan fingerprint density at radius 2 is 1.64 bits per heavy atom. The highest BCUT2D eigenvalue weighted by Crippen LogP contribution is 2.42. The Labute approximate surface area is 213 Å². The van der Waals surface area contributed by atoms with Crippen LogP contribution in [0.15, 0.2) is 77.1 Å². The van der Waals surface area contributed by atoms with Gasteiger partial charge in [0.15, 0.2) is 0 Å². The Bertz CT molecular complexity index is 1140. The molecule has 1 aliphatic carbocycles. The number of esters is 2. The summed E-state index contributed by atoms with van der Waals surface area (Å²) in [6.07, 6.45) is 5.55. The lowest BCUT2D eigenvalue weighted by atomic mass is 9.78. The first-order valence-electron chi connectivity index (χ1n) is 13.0. The molecule has 0 radical (unpaired) electrons. The van der Waals surface area contributed by atoms with Crippen LogP contribution in [-0.4, -0.2) is 29.8 Å². The van der Waals surface area contributed by atoms with Crippen LogP contribution in [0, 0.1) is 0 Å². The topological polar surface area (TPSA) is 84.9 Å². The van der Waals surface area contributed by atoms with Crippen LogP contribution in [0.4, 0.5) is 0 Å². The van der Waals surface area contributed by atoms with Crippen LogP contribution >= 0.6 is 0 Å². The first-order valence-corrected chi connectivity index (χ1v) is 13.0. The van der Waals surface area contributed by atoms with Gasteiger partial charge in [0.05, 0.1) is 23.7 Å². The number of hydrogen-bond donors (Lipinski definition) is 2. The molecule has 2 N–H and O–H groups in total. The molecule has 1 fully saturated rings. The maximum atomic E-state index is 13.6. The molecule has 1 atom stereocenters. The number of hydrogen-bond acceptors (Lipinski definition) is 6. The largest absolute Gasteiger partial charge is 0.508 e. The highest BCUT2D eigenvalue weighted by Gasteiger charge is 2.40. The van der Waals surface area contributed by atoms with E-state index in [4.69, 9.17) is 9.47 Å². The van der Waals surface area contributed by atoms with Gasteiger partial charge in [0, 0.05) is 11.4 Å². The van der Waals surface area contributed by atoms with Gasteiger partial charge in [-0.3, -0.25) is 0 Å². The van der Waals surface area contributed by atoms with E-state index in [-0.39, 0.29) is 18.5 Å². The highest BCUT2D eigenvalue weighted by molar-refractivity contribution is 6.00. The Morgan fingerprint density at radius 3 is 2.31 bits per heavy atom. The number of rotatable bonds is 9. The number of dihydropyridines is 1. The Morgan fingerprint density at radius 1 is 0.917 bits per heavy atom. The summed E-state index contributed by atoms with van der Waals surface area (Å²) in [7, 11) is 0. The fourth-order valence-electron chi connectivity index (χ4n) is 5.15. The molecule has 190 valence electrons. The number of nitrogens with one attached hydrogen (secondary N) is 1. The van der Waals surface area contributed by atoms with Crippen molar-refractivity contribution in [2.45, 2.75) is 70.8 Å². The van der Waals surface area contributed by atoms with Crippen LogP contribution in [0.5, 0.6) is 5.75 Å². The molecule has 2 aliphatic rings. The zero-order valence-corrected chi connectivity index (χ0v) is 21.1. The first kappa shape index (κ1) is 25.5. The summed E-state index contributed by atoms with van der Waals surface area (Å²) in [5.41, 5.74) is 4.09. The molecule has 6 nitrogen and oxygen atoms in total. The van der Waals surface area contributed by atoms with E-state index in [1.807, 2.05) is 31.2 Å². The van der Waals surface area contributed by atoms with Crippen LogP contribution < -0.4 is 5.32 Å². The number of phenols is 1. The van der Waals surface area contributed by atoms with E-state index in [0.717, 1.165) is 49.1 Å². The van der Waals surface area contributed by atoms with E-state index in [1.54, 1.807) is 25.1 Å². The van der Waals surface area contributed by atoms with Crippen LogP contribution in [0.2, 0.25) is 0 Å². The van der Waals surface area contributed by atoms with Crippen molar-refractivity contribution in [3.63, 3.8) is 0 Å². The lowest BCUT2D eigenvalue weighted by Gasteiger charge is -2.33. The number of carbonyl (C=O) groups excluding carboxylic acids is 2. The van der Waals surface area contributed by atoms with Crippen molar-refractivity contribution in [1.82, 2.24) is 5.32 Å². The van der Waals surface area contributed by atoms with E-state index in [0.29, 0.717) is 29.6 Å². The van der Waals surface area contributed by atoms with Crippen molar-refractivity contribution in [1.29, 1.82) is 0 Å². The van der Waals surface area contributed by atoms with Crippen molar-refractivity contribution < 1.29 is 24.2 Å². The van der Waals surface area contributed by atoms with Gasteiger partial charge in [0.25, 0.3) is 0 Å². The van der Waals surface area contributed by atoms with Crippen molar-refractivity contribution in [3.8, 4) is 5.75 Å². The maximum absolute atomic E-state index is 13.6. The molecule has 0 bridgehead atoms. The summed E-state index contributed by atoms with van der Waals surface area (Å²) < 4.78 is 11.4. The minimum atomic E-state index is -0.702. The average molecular weight is 490 g/mol. The molecule has 6 heteroatoms. The van der Waals surface area contributed by atoms with E-state index in [9.17, 15) is 14.7 Å².